The molecular formula is C15H20N2OS+. The first-order valence-corrected chi connectivity index (χ1v) is 7.64. The highest BCUT2D eigenvalue weighted by molar-refractivity contribution is 8.15. The van der Waals surface area contributed by atoms with Gasteiger partial charge in [-0.15, -0.1) is 0 Å². The van der Waals surface area contributed by atoms with Crippen LogP contribution in [0.25, 0.3) is 5.70 Å². The zero-order chi connectivity index (χ0) is 13.7. The average molecular weight is 276 g/mol. The topological polar surface area (TPSA) is 26.6 Å². The molecule has 4 heteroatoms. The lowest BCUT2D eigenvalue weighted by atomic mass is 10.1. The van der Waals surface area contributed by atoms with Gasteiger partial charge in [-0.3, -0.25) is 0 Å². The smallest absolute Gasteiger partial charge is 0.291 e. The van der Waals surface area contributed by atoms with E-state index in [-0.39, 0.29) is 0 Å². The largest absolute Gasteiger partial charge is 0.492 e. The molecule has 2 rings (SSSR count). The molecule has 3 nitrogen and oxygen atoms in total. The maximum atomic E-state index is 5.79. The summed E-state index contributed by atoms with van der Waals surface area (Å²) in [6.07, 6.45) is 0. The van der Waals surface area contributed by atoms with Crippen LogP contribution in [0.15, 0.2) is 23.6 Å². The third kappa shape index (κ3) is 3.13. The molecule has 0 saturated carbocycles. The SMILES string of the molecule is CCOc1cc(C2=CSC=[N+]2)ccc1N(CC)CC. The van der Waals surface area contributed by atoms with E-state index in [0.717, 1.165) is 35.8 Å². The Labute approximate surface area is 119 Å². The Morgan fingerprint density at radius 2 is 2.00 bits per heavy atom. The van der Waals surface area contributed by atoms with Crippen molar-refractivity contribution in [3.05, 3.63) is 29.2 Å². The van der Waals surface area contributed by atoms with Crippen LogP contribution < -0.4 is 14.6 Å². The molecule has 0 fully saturated rings. The molecule has 0 aliphatic carbocycles. The second-order valence-corrected chi connectivity index (χ2v) is 4.88. The summed E-state index contributed by atoms with van der Waals surface area (Å²) >= 11 is 1.61. The number of hydrogen-bond donors (Lipinski definition) is 0. The predicted molar refractivity (Wildman–Crippen MR) is 84.9 cm³/mol. The second kappa shape index (κ2) is 6.66. The maximum Gasteiger partial charge on any atom is 0.291 e. The summed E-state index contributed by atoms with van der Waals surface area (Å²) in [4.78, 5) is 6.65. The van der Waals surface area contributed by atoms with Crippen LogP contribution in [-0.4, -0.2) is 25.2 Å². The monoisotopic (exact) mass is 276 g/mol. The first kappa shape index (κ1) is 14.0. The van der Waals surface area contributed by atoms with Crippen molar-refractivity contribution in [2.75, 3.05) is 24.6 Å². The van der Waals surface area contributed by atoms with Crippen LogP contribution in [-0.2, 0) is 0 Å². The molecule has 1 radical (unpaired) electrons. The van der Waals surface area contributed by atoms with Crippen molar-refractivity contribution in [3.8, 4) is 5.75 Å². The summed E-state index contributed by atoms with van der Waals surface area (Å²) in [6, 6.07) is 6.34. The normalized spacial score (nSPS) is 13.5. The van der Waals surface area contributed by atoms with E-state index in [1.165, 1.54) is 0 Å². The van der Waals surface area contributed by atoms with Gasteiger partial charge in [0.15, 0.2) is 0 Å². The number of thioether (sulfide) groups is 1. The average Bonchev–Trinajstić information content (AvgIpc) is 2.96. The lowest BCUT2D eigenvalue weighted by Crippen LogP contribution is -2.22. The third-order valence-corrected chi connectivity index (χ3v) is 3.68. The van der Waals surface area contributed by atoms with Gasteiger partial charge in [0, 0.05) is 13.1 Å². The Morgan fingerprint density at radius 3 is 2.58 bits per heavy atom. The van der Waals surface area contributed by atoms with E-state index in [4.69, 9.17) is 4.74 Å². The number of hydrogen-bond acceptors (Lipinski definition) is 4. The molecule has 0 saturated heterocycles. The molecule has 19 heavy (non-hydrogen) atoms. The second-order valence-electron chi connectivity index (χ2n) is 4.16. The van der Waals surface area contributed by atoms with Crippen LogP contribution >= 0.6 is 11.8 Å². The lowest BCUT2D eigenvalue weighted by Gasteiger charge is -2.24. The molecule has 0 N–H and O–H groups in total. The minimum Gasteiger partial charge on any atom is -0.492 e. The molecule has 1 aromatic rings. The summed E-state index contributed by atoms with van der Waals surface area (Å²) in [5.41, 5.74) is 5.14. The van der Waals surface area contributed by atoms with Gasteiger partial charge in [-0.25, -0.2) is 0 Å². The summed E-state index contributed by atoms with van der Waals surface area (Å²) in [7, 11) is 0. The van der Waals surface area contributed by atoms with Crippen molar-refractivity contribution < 1.29 is 4.74 Å². The number of rotatable bonds is 6. The molecule has 101 valence electrons. The predicted octanol–water partition coefficient (Wildman–Crippen LogP) is 3.34. The highest BCUT2D eigenvalue weighted by Crippen LogP contribution is 2.32. The number of nitrogens with zero attached hydrogens (tertiary/aromatic N) is 2. The van der Waals surface area contributed by atoms with Gasteiger partial charge in [0.1, 0.15) is 5.75 Å². The van der Waals surface area contributed by atoms with Gasteiger partial charge in [0.25, 0.3) is 11.2 Å². The molecule has 0 aromatic heterocycles. The van der Waals surface area contributed by atoms with Crippen LogP contribution in [0.1, 0.15) is 26.3 Å². The Hall–Kier alpha value is -1.42. The number of aliphatic imine (C=N–C) groups is 1. The summed E-state index contributed by atoms with van der Waals surface area (Å²) in [5.74, 6) is 0.941. The molecule has 1 aliphatic rings. The molecule has 0 unspecified atom stereocenters. The van der Waals surface area contributed by atoms with E-state index in [2.05, 4.69) is 47.3 Å². The molecular weight excluding hydrogens is 256 g/mol. The summed E-state index contributed by atoms with van der Waals surface area (Å²) in [6.45, 7) is 8.97. The van der Waals surface area contributed by atoms with Crippen LogP contribution in [0.5, 0.6) is 5.75 Å². The Morgan fingerprint density at radius 1 is 1.21 bits per heavy atom. The zero-order valence-corrected chi connectivity index (χ0v) is 12.5. The molecule has 0 spiro atoms. The van der Waals surface area contributed by atoms with Crippen LogP contribution in [0.2, 0.25) is 0 Å². The van der Waals surface area contributed by atoms with E-state index in [1.54, 1.807) is 11.8 Å². The minimum absolute atomic E-state index is 0.675. The van der Waals surface area contributed by atoms with Gasteiger partial charge < -0.3 is 9.64 Å². The van der Waals surface area contributed by atoms with Crippen molar-refractivity contribution in [1.29, 1.82) is 0 Å². The molecule has 1 aromatic carbocycles. The van der Waals surface area contributed by atoms with E-state index >= 15 is 0 Å². The number of anilines is 1. The van der Waals surface area contributed by atoms with Gasteiger partial charge in [-0.05, 0) is 50.7 Å². The molecule has 0 bridgehead atoms. The van der Waals surface area contributed by atoms with Gasteiger partial charge in [-0.2, -0.15) is 0 Å². The number of benzene rings is 1. The Balaban J connectivity index is 2.37. The van der Waals surface area contributed by atoms with Crippen LogP contribution in [0, 0.1) is 0 Å². The van der Waals surface area contributed by atoms with E-state index in [1.807, 2.05) is 12.5 Å². The van der Waals surface area contributed by atoms with Crippen LogP contribution in [0.4, 0.5) is 5.69 Å². The highest BCUT2D eigenvalue weighted by Gasteiger charge is 2.19. The maximum absolute atomic E-state index is 5.79. The fourth-order valence-corrected chi connectivity index (χ4v) is 2.69. The van der Waals surface area contributed by atoms with Crippen LogP contribution in [0.3, 0.4) is 0 Å². The quantitative estimate of drug-likeness (QED) is 0.797. The van der Waals surface area contributed by atoms with E-state index in [9.17, 15) is 0 Å². The van der Waals surface area contributed by atoms with Gasteiger partial charge in [-0.1, -0.05) is 0 Å². The molecule has 0 atom stereocenters. The molecule has 1 aliphatic heterocycles. The molecule has 0 amide bonds. The first-order chi connectivity index (χ1) is 9.30. The fourth-order valence-electron chi connectivity index (χ4n) is 2.13. The van der Waals surface area contributed by atoms with Crippen molar-refractivity contribution in [2.24, 2.45) is 0 Å². The van der Waals surface area contributed by atoms with Crippen molar-refractivity contribution in [3.63, 3.8) is 0 Å². The van der Waals surface area contributed by atoms with Gasteiger partial charge in [0.2, 0.25) is 0 Å². The minimum atomic E-state index is 0.675. The first-order valence-electron chi connectivity index (χ1n) is 6.70. The van der Waals surface area contributed by atoms with Crippen molar-refractivity contribution in [2.45, 2.75) is 20.8 Å². The van der Waals surface area contributed by atoms with Gasteiger partial charge in [0.05, 0.1) is 28.3 Å². The van der Waals surface area contributed by atoms with E-state index in [0.29, 0.717) is 6.61 Å². The molecule has 1 heterocycles. The number of ether oxygens (including phenoxy) is 1. The highest BCUT2D eigenvalue weighted by atomic mass is 32.2. The standard InChI is InChI=1S/C15H20N2OS/c1-4-17(5-2)14-8-7-12(9-15(14)18-6-3)13-10-19-11-16-13/h7-11H,4-6H2,1-3H3/q+1. The summed E-state index contributed by atoms with van der Waals surface area (Å²) in [5, 5.41) is 2.06. The van der Waals surface area contributed by atoms with E-state index < -0.39 is 0 Å². The Bertz CT molecular complexity index is 493. The third-order valence-electron chi connectivity index (χ3n) is 3.09. The lowest BCUT2D eigenvalue weighted by molar-refractivity contribution is 0.340. The van der Waals surface area contributed by atoms with Crippen molar-refractivity contribution >= 4 is 28.7 Å². The zero-order valence-electron chi connectivity index (χ0n) is 11.7. The Kier molecular flexibility index (Phi) is 4.91. The summed E-state index contributed by atoms with van der Waals surface area (Å²) < 4.78 is 5.79. The van der Waals surface area contributed by atoms with Crippen molar-refractivity contribution in [1.82, 2.24) is 4.99 Å². The van der Waals surface area contributed by atoms with Gasteiger partial charge >= 0.3 is 0 Å². The fraction of sp³-hybridized carbons (Fsp3) is 0.400.